The fourth-order valence-corrected chi connectivity index (χ4v) is 3.01. The topological polar surface area (TPSA) is 20.2 Å². The van der Waals surface area contributed by atoms with Crippen molar-refractivity contribution < 1.29 is 5.11 Å². The van der Waals surface area contributed by atoms with Crippen molar-refractivity contribution in [2.24, 2.45) is 0 Å². The van der Waals surface area contributed by atoms with Gasteiger partial charge in [0.25, 0.3) is 0 Å². The largest absolute Gasteiger partial charge is 0.383 e. The second-order valence-corrected chi connectivity index (χ2v) is 4.92. The van der Waals surface area contributed by atoms with E-state index in [2.05, 4.69) is 18.0 Å². The average Bonchev–Trinajstić information content (AvgIpc) is 2.86. The van der Waals surface area contributed by atoms with Crippen molar-refractivity contribution in [1.82, 2.24) is 0 Å². The molecule has 0 saturated carbocycles. The van der Waals surface area contributed by atoms with Crippen LogP contribution in [0.3, 0.4) is 0 Å². The number of hydrogen-bond acceptors (Lipinski definition) is 3. The van der Waals surface area contributed by atoms with E-state index in [9.17, 15) is 5.11 Å². The van der Waals surface area contributed by atoms with E-state index in [1.165, 1.54) is 9.75 Å². The second kappa shape index (κ2) is 4.09. The van der Waals surface area contributed by atoms with Crippen molar-refractivity contribution in [2.45, 2.75) is 6.10 Å². The molecule has 0 fully saturated rings. The van der Waals surface area contributed by atoms with E-state index < -0.39 is 6.10 Å². The maximum Gasteiger partial charge on any atom is 0.106 e. The first kappa shape index (κ1) is 9.65. The van der Waals surface area contributed by atoms with E-state index in [1.807, 2.05) is 18.2 Å². The number of aliphatic hydroxyl groups is 1. The Labute approximate surface area is 91.0 Å². The lowest BCUT2D eigenvalue weighted by Crippen LogP contribution is -1.85. The first-order valence-electron chi connectivity index (χ1n) is 4.25. The number of rotatable bonds is 3. The SMILES string of the molecule is C=CC(O)c1ccc(-c2cccs2)s1. The molecule has 1 nitrogen and oxygen atoms in total. The van der Waals surface area contributed by atoms with Crippen LogP contribution in [0.1, 0.15) is 11.0 Å². The Morgan fingerprint density at radius 2 is 2.14 bits per heavy atom. The molecule has 1 N–H and O–H groups in total. The third-order valence-electron chi connectivity index (χ3n) is 1.91. The quantitative estimate of drug-likeness (QED) is 0.785. The van der Waals surface area contributed by atoms with Gasteiger partial charge >= 0.3 is 0 Å². The van der Waals surface area contributed by atoms with Gasteiger partial charge in [0, 0.05) is 14.6 Å². The minimum atomic E-state index is -0.534. The van der Waals surface area contributed by atoms with Crippen LogP contribution in [0.4, 0.5) is 0 Å². The summed E-state index contributed by atoms with van der Waals surface area (Å²) < 4.78 is 0. The summed E-state index contributed by atoms with van der Waals surface area (Å²) >= 11 is 3.32. The van der Waals surface area contributed by atoms with Crippen molar-refractivity contribution in [3.63, 3.8) is 0 Å². The molecular weight excluding hydrogens is 212 g/mol. The van der Waals surface area contributed by atoms with Crippen LogP contribution in [-0.2, 0) is 0 Å². The van der Waals surface area contributed by atoms with Gasteiger partial charge in [-0.3, -0.25) is 0 Å². The van der Waals surface area contributed by atoms with Crippen LogP contribution >= 0.6 is 22.7 Å². The molecule has 1 unspecified atom stereocenters. The molecule has 0 aromatic carbocycles. The highest BCUT2D eigenvalue weighted by molar-refractivity contribution is 7.21. The van der Waals surface area contributed by atoms with Gasteiger partial charge in [0.2, 0.25) is 0 Å². The normalized spacial score (nSPS) is 12.6. The molecule has 0 amide bonds. The monoisotopic (exact) mass is 222 g/mol. The van der Waals surface area contributed by atoms with E-state index in [-0.39, 0.29) is 0 Å². The first-order valence-corrected chi connectivity index (χ1v) is 5.95. The average molecular weight is 222 g/mol. The lowest BCUT2D eigenvalue weighted by atomic mass is 10.3. The summed E-state index contributed by atoms with van der Waals surface area (Å²) in [6.07, 6.45) is 1.01. The van der Waals surface area contributed by atoms with Crippen molar-refractivity contribution in [1.29, 1.82) is 0 Å². The molecule has 14 heavy (non-hydrogen) atoms. The maximum absolute atomic E-state index is 9.54. The maximum atomic E-state index is 9.54. The van der Waals surface area contributed by atoms with E-state index in [4.69, 9.17) is 0 Å². The molecule has 1 atom stereocenters. The molecule has 2 rings (SSSR count). The molecule has 0 aliphatic heterocycles. The number of hydrogen-bond donors (Lipinski definition) is 1. The molecular formula is C11H10OS2. The van der Waals surface area contributed by atoms with Crippen LogP contribution in [-0.4, -0.2) is 5.11 Å². The van der Waals surface area contributed by atoms with E-state index >= 15 is 0 Å². The molecule has 0 aliphatic carbocycles. The molecule has 2 aromatic rings. The summed E-state index contributed by atoms with van der Waals surface area (Å²) in [4.78, 5) is 3.40. The Hall–Kier alpha value is -0.900. The van der Waals surface area contributed by atoms with Gasteiger partial charge in [-0.15, -0.1) is 29.3 Å². The lowest BCUT2D eigenvalue weighted by Gasteiger charge is -1.98. The third-order valence-corrected chi connectivity index (χ3v) is 4.13. The fourth-order valence-electron chi connectivity index (χ4n) is 1.18. The van der Waals surface area contributed by atoms with Crippen LogP contribution in [0.15, 0.2) is 42.3 Å². The Morgan fingerprint density at radius 1 is 1.29 bits per heavy atom. The summed E-state index contributed by atoms with van der Waals surface area (Å²) in [5, 5.41) is 11.6. The zero-order chi connectivity index (χ0) is 9.97. The number of thiophene rings is 2. The highest BCUT2D eigenvalue weighted by Crippen LogP contribution is 2.34. The predicted molar refractivity (Wildman–Crippen MR) is 62.8 cm³/mol. The highest BCUT2D eigenvalue weighted by atomic mass is 32.1. The summed E-state index contributed by atoms with van der Waals surface area (Å²) in [5.41, 5.74) is 0. The van der Waals surface area contributed by atoms with Gasteiger partial charge in [-0.25, -0.2) is 0 Å². The highest BCUT2D eigenvalue weighted by Gasteiger charge is 2.08. The molecule has 3 heteroatoms. The van der Waals surface area contributed by atoms with Crippen molar-refractivity contribution >= 4 is 22.7 Å². The van der Waals surface area contributed by atoms with Crippen LogP contribution in [0.2, 0.25) is 0 Å². The first-order chi connectivity index (χ1) is 6.81. The zero-order valence-electron chi connectivity index (χ0n) is 7.51. The predicted octanol–water partition coefficient (Wildman–Crippen LogP) is 3.70. The van der Waals surface area contributed by atoms with Crippen molar-refractivity contribution in [2.75, 3.05) is 0 Å². The van der Waals surface area contributed by atoms with Gasteiger partial charge in [-0.1, -0.05) is 12.1 Å². The summed E-state index contributed by atoms with van der Waals surface area (Å²) in [5.74, 6) is 0. The van der Waals surface area contributed by atoms with E-state index in [0.717, 1.165) is 4.88 Å². The summed E-state index contributed by atoms with van der Waals surface area (Å²) in [7, 11) is 0. The molecule has 0 bridgehead atoms. The minimum Gasteiger partial charge on any atom is -0.383 e. The molecule has 2 aromatic heterocycles. The minimum absolute atomic E-state index is 0.534. The Bertz CT molecular complexity index is 414. The van der Waals surface area contributed by atoms with E-state index in [1.54, 1.807) is 28.7 Å². The standard InChI is InChI=1S/C11H10OS2/c1-2-8(12)9-5-6-11(14-9)10-4-3-7-13-10/h2-8,12H,1H2. The molecule has 0 radical (unpaired) electrons. The van der Waals surface area contributed by atoms with Crippen LogP contribution in [0.25, 0.3) is 9.75 Å². The van der Waals surface area contributed by atoms with Crippen LogP contribution in [0.5, 0.6) is 0 Å². The number of aliphatic hydroxyl groups excluding tert-OH is 1. The van der Waals surface area contributed by atoms with Crippen LogP contribution < -0.4 is 0 Å². The zero-order valence-corrected chi connectivity index (χ0v) is 9.15. The van der Waals surface area contributed by atoms with Gasteiger partial charge in [0.05, 0.1) is 0 Å². The van der Waals surface area contributed by atoms with Gasteiger partial charge < -0.3 is 5.11 Å². The third kappa shape index (κ3) is 1.80. The Morgan fingerprint density at radius 3 is 2.79 bits per heavy atom. The van der Waals surface area contributed by atoms with Crippen molar-refractivity contribution in [3.8, 4) is 9.75 Å². The smallest absolute Gasteiger partial charge is 0.106 e. The molecule has 72 valence electrons. The van der Waals surface area contributed by atoms with Crippen molar-refractivity contribution in [3.05, 3.63) is 47.2 Å². The molecule has 0 aliphatic rings. The molecule has 2 heterocycles. The summed E-state index contributed by atoms with van der Waals surface area (Å²) in [6.45, 7) is 3.57. The lowest BCUT2D eigenvalue weighted by molar-refractivity contribution is 0.233. The Kier molecular flexibility index (Phi) is 2.82. The second-order valence-electron chi connectivity index (χ2n) is 2.86. The summed E-state index contributed by atoms with van der Waals surface area (Å²) in [6, 6.07) is 8.11. The van der Waals surface area contributed by atoms with Gasteiger partial charge in [-0.2, -0.15) is 0 Å². The van der Waals surface area contributed by atoms with Gasteiger partial charge in [0.1, 0.15) is 6.10 Å². The van der Waals surface area contributed by atoms with Gasteiger partial charge in [0.15, 0.2) is 0 Å². The molecule has 0 spiro atoms. The fraction of sp³-hybridized carbons (Fsp3) is 0.0909. The van der Waals surface area contributed by atoms with E-state index in [0.29, 0.717) is 0 Å². The van der Waals surface area contributed by atoms with Crippen LogP contribution in [0, 0.1) is 0 Å². The molecule has 0 saturated heterocycles. The van der Waals surface area contributed by atoms with Gasteiger partial charge in [-0.05, 0) is 23.6 Å². The Balaban J connectivity index is 2.30.